The van der Waals surface area contributed by atoms with Crippen LogP contribution in [-0.4, -0.2) is 37.2 Å². The molecule has 112 valence electrons. The first kappa shape index (κ1) is 14.3. The van der Waals surface area contributed by atoms with Crippen LogP contribution >= 0.6 is 22.7 Å². The van der Waals surface area contributed by atoms with E-state index in [2.05, 4.69) is 15.2 Å². The summed E-state index contributed by atoms with van der Waals surface area (Å²) in [6.45, 7) is 3.43. The maximum Gasteiger partial charge on any atom is 0.265 e. The molecule has 0 aliphatic carbocycles. The summed E-state index contributed by atoms with van der Waals surface area (Å²) in [4.78, 5) is 19.1. The van der Waals surface area contributed by atoms with Crippen molar-refractivity contribution >= 4 is 39.5 Å². The number of aromatic nitrogens is 1. The van der Waals surface area contributed by atoms with Crippen molar-refractivity contribution in [3.8, 4) is 0 Å². The SMILES string of the molecule is Nc1nc(N2CCOCC2)sc1C(=O)NCc1ccsc1. The average molecular weight is 324 g/mol. The normalized spacial score (nSPS) is 15.1. The zero-order valence-electron chi connectivity index (χ0n) is 11.4. The summed E-state index contributed by atoms with van der Waals surface area (Å²) >= 11 is 2.95. The number of amides is 1. The van der Waals surface area contributed by atoms with E-state index >= 15 is 0 Å². The molecule has 0 atom stereocenters. The molecule has 2 aromatic rings. The second kappa shape index (κ2) is 6.42. The quantitative estimate of drug-likeness (QED) is 0.892. The van der Waals surface area contributed by atoms with E-state index in [-0.39, 0.29) is 5.91 Å². The van der Waals surface area contributed by atoms with Gasteiger partial charge in [0.2, 0.25) is 0 Å². The molecule has 21 heavy (non-hydrogen) atoms. The summed E-state index contributed by atoms with van der Waals surface area (Å²) in [6, 6.07) is 1.99. The zero-order chi connectivity index (χ0) is 14.7. The lowest BCUT2D eigenvalue weighted by atomic mass is 10.3. The molecule has 3 rings (SSSR count). The topological polar surface area (TPSA) is 80.5 Å². The number of thiazole rings is 1. The molecule has 0 unspecified atom stereocenters. The number of carbonyl (C=O) groups is 1. The molecule has 1 aliphatic rings. The second-order valence-electron chi connectivity index (χ2n) is 4.62. The van der Waals surface area contributed by atoms with Gasteiger partial charge in [0.1, 0.15) is 10.7 Å². The van der Waals surface area contributed by atoms with Crippen molar-refractivity contribution in [2.45, 2.75) is 6.54 Å². The molecule has 0 aromatic carbocycles. The van der Waals surface area contributed by atoms with E-state index < -0.39 is 0 Å². The van der Waals surface area contributed by atoms with Crippen LogP contribution in [0.15, 0.2) is 16.8 Å². The molecule has 0 bridgehead atoms. The first-order chi connectivity index (χ1) is 10.2. The Bertz CT molecular complexity index is 606. The maximum absolute atomic E-state index is 12.2. The smallest absolute Gasteiger partial charge is 0.265 e. The fourth-order valence-corrected chi connectivity index (χ4v) is 3.65. The molecule has 2 aromatic heterocycles. The van der Waals surface area contributed by atoms with Gasteiger partial charge in [0, 0.05) is 19.6 Å². The summed E-state index contributed by atoms with van der Waals surface area (Å²) in [5.74, 6) is 0.125. The number of rotatable bonds is 4. The van der Waals surface area contributed by atoms with E-state index in [0.29, 0.717) is 30.5 Å². The highest BCUT2D eigenvalue weighted by Crippen LogP contribution is 2.28. The summed E-state index contributed by atoms with van der Waals surface area (Å²) in [5, 5.41) is 7.66. The van der Waals surface area contributed by atoms with E-state index in [9.17, 15) is 4.79 Å². The predicted molar refractivity (Wildman–Crippen MR) is 85.0 cm³/mol. The van der Waals surface area contributed by atoms with Crippen LogP contribution in [0.3, 0.4) is 0 Å². The molecule has 0 spiro atoms. The van der Waals surface area contributed by atoms with Gasteiger partial charge in [-0.1, -0.05) is 11.3 Å². The van der Waals surface area contributed by atoms with Crippen LogP contribution in [0.25, 0.3) is 0 Å². The molecular formula is C13H16N4O2S2. The van der Waals surface area contributed by atoms with E-state index in [0.717, 1.165) is 23.8 Å². The fourth-order valence-electron chi connectivity index (χ4n) is 2.03. The minimum Gasteiger partial charge on any atom is -0.382 e. The van der Waals surface area contributed by atoms with Gasteiger partial charge in [-0.15, -0.1) is 0 Å². The number of morpholine rings is 1. The van der Waals surface area contributed by atoms with Crippen molar-refractivity contribution < 1.29 is 9.53 Å². The predicted octanol–water partition coefficient (Wildman–Crippen LogP) is 1.55. The largest absolute Gasteiger partial charge is 0.382 e. The minimum absolute atomic E-state index is 0.171. The van der Waals surface area contributed by atoms with Crippen LogP contribution in [0.5, 0.6) is 0 Å². The number of hydrogen-bond acceptors (Lipinski definition) is 7. The lowest BCUT2D eigenvalue weighted by Crippen LogP contribution is -2.36. The Hall–Kier alpha value is -1.64. The van der Waals surface area contributed by atoms with Gasteiger partial charge in [-0.2, -0.15) is 11.3 Å². The Balaban J connectivity index is 1.66. The molecule has 8 heteroatoms. The van der Waals surface area contributed by atoms with Crippen molar-refractivity contribution in [1.82, 2.24) is 10.3 Å². The molecule has 3 N–H and O–H groups in total. The van der Waals surface area contributed by atoms with Crippen molar-refractivity contribution in [2.24, 2.45) is 0 Å². The highest BCUT2D eigenvalue weighted by atomic mass is 32.1. The molecule has 0 saturated carbocycles. The van der Waals surface area contributed by atoms with Gasteiger partial charge in [0.05, 0.1) is 13.2 Å². The Morgan fingerprint density at radius 3 is 3.00 bits per heavy atom. The van der Waals surface area contributed by atoms with Crippen LogP contribution in [0.2, 0.25) is 0 Å². The number of nitrogens with zero attached hydrogens (tertiary/aromatic N) is 2. The van der Waals surface area contributed by atoms with E-state index in [4.69, 9.17) is 10.5 Å². The van der Waals surface area contributed by atoms with Crippen molar-refractivity contribution in [2.75, 3.05) is 36.9 Å². The van der Waals surface area contributed by atoms with Crippen molar-refractivity contribution in [1.29, 1.82) is 0 Å². The van der Waals surface area contributed by atoms with E-state index in [1.807, 2.05) is 16.8 Å². The Labute approximate surface area is 130 Å². The number of ether oxygens (including phenoxy) is 1. The van der Waals surface area contributed by atoms with Crippen molar-refractivity contribution in [3.63, 3.8) is 0 Å². The highest BCUT2D eigenvalue weighted by molar-refractivity contribution is 7.18. The van der Waals surface area contributed by atoms with Crippen LogP contribution < -0.4 is 16.0 Å². The van der Waals surface area contributed by atoms with Crippen LogP contribution in [-0.2, 0) is 11.3 Å². The van der Waals surface area contributed by atoms with Gasteiger partial charge in [0.25, 0.3) is 5.91 Å². The van der Waals surface area contributed by atoms with Crippen LogP contribution in [0.4, 0.5) is 10.9 Å². The third-order valence-corrected chi connectivity index (χ3v) is 5.03. The maximum atomic E-state index is 12.2. The molecule has 0 radical (unpaired) electrons. The molecule has 3 heterocycles. The number of hydrogen-bond donors (Lipinski definition) is 2. The average Bonchev–Trinajstić information content (AvgIpc) is 3.15. The lowest BCUT2D eigenvalue weighted by Gasteiger charge is -2.25. The van der Waals surface area contributed by atoms with Gasteiger partial charge in [-0.3, -0.25) is 4.79 Å². The summed E-state index contributed by atoms with van der Waals surface area (Å²) in [5.41, 5.74) is 6.97. The molecule has 1 saturated heterocycles. The van der Waals surface area contributed by atoms with Gasteiger partial charge >= 0.3 is 0 Å². The molecule has 1 fully saturated rings. The number of anilines is 2. The second-order valence-corrected chi connectivity index (χ2v) is 6.38. The number of nitrogen functional groups attached to an aromatic ring is 1. The van der Waals surface area contributed by atoms with Gasteiger partial charge in [0.15, 0.2) is 5.13 Å². The molecule has 1 amide bonds. The fraction of sp³-hybridized carbons (Fsp3) is 0.385. The third kappa shape index (κ3) is 3.34. The number of nitrogens with two attached hydrogens (primary N) is 1. The molecular weight excluding hydrogens is 308 g/mol. The number of carbonyl (C=O) groups excluding carboxylic acids is 1. The molecule has 1 aliphatic heterocycles. The van der Waals surface area contributed by atoms with Gasteiger partial charge in [-0.05, 0) is 22.4 Å². The lowest BCUT2D eigenvalue weighted by molar-refractivity contribution is 0.0955. The number of thiophene rings is 1. The summed E-state index contributed by atoms with van der Waals surface area (Å²) < 4.78 is 5.31. The first-order valence-electron chi connectivity index (χ1n) is 6.62. The zero-order valence-corrected chi connectivity index (χ0v) is 13.0. The van der Waals surface area contributed by atoms with E-state index in [1.54, 1.807) is 11.3 Å². The van der Waals surface area contributed by atoms with Crippen LogP contribution in [0.1, 0.15) is 15.2 Å². The van der Waals surface area contributed by atoms with Crippen molar-refractivity contribution in [3.05, 3.63) is 27.3 Å². The summed E-state index contributed by atoms with van der Waals surface area (Å²) in [7, 11) is 0. The Kier molecular flexibility index (Phi) is 4.37. The third-order valence-electron chi connectivity index (χ3n) is 3.16. The van der Waals surface area contributed by atoms with Crippen LogP contribution in [0, 0.1) is 0 Å². The van der Waals surface area contributed by atoms with E-state index in [1.165, 1.54) is 11.3 Å². The molecule has 6 nitrogen and oxygen atoms in total. The summed E-state index contributed by atoms with van der Waals surface area (Å²) in [6.07, 6.45) is 0. The van der Waals surface area contributed by atoms with Gasteiger partial charge < -0.3 is 20.7 Å². The first-order valence-corrected chi connectivity index (χ1v) is 8.38. The highest BCUT2D eigenvalue weighted by Gasteiger charge is 2.20. The number of nitrogens with one attached hydrogen (secondary N) is 1. The Morgan fingerprint density at radius 1 is 1.48 bits per heavy atom. The standard InChI is InChI=1S/C13H16N4O2S2/c14-11-10(12(18)15-7-9-1-6-20-8-9)21-13(16-11)17-2-4-19-5-3-17/h1,6,8H,2-5,7,14H2,(H,15,18). The minimum atomic E-state index is -0.171. The van der Waals surface area contributed by atoms with Gasteiger partial charge in [-0.25, -0.2) is 4.98 Å². The Morgan fingerprint density at radius 2 is 2.29 bits per heavy atom. The monoisotopic (exact) mass is 324 g/mol.